The van der Waals surface area contributed by atoms with Crippen molar-refractivity contribution in [3.05, 3.63) is 0 Å². The van der Waals surface area contributed by atoms with E-state index in [4.69, 9.17) is 0 Å². The maximum atomic E-state index is 11.8. The Bertz CT molecular complexity index is 254. The van der Waals surface area contributed by atoms with Gasteiger partial charge >= 0.3 is 0 Å². The summed E-state index contributed by atoms with van der Waals surface area (Å²) in [4.78, 5) is 11.8. The number of carbonyl (C=O) groups is 1. The average molecular weight is 166 g/mol. The Hall–Kier alpha value is -0.330. The van der Waals surface area contributed by atoms with Gasteiger partial charge in [0.15, 0.2) is 0 Å². The molecule has 0 aromatic rings. The zero-order chi connectivity index (χ0) is 9.20. The number of hydrogen-bond acceptors (Lipinski definition) is 1. The summed E-state index contributed by atoms with van der Waals surface area (Å²) in [5.41, 5.74) is 0.498. The fourth-order valence-electron chi connectivity index (χ4n) is 3.16. The molecule has 1 heteroatoms. The standard InChI is InChI=1S/C11H18O/c1-9(2)10(3)5-6-11(9,4)8(12)7-10/h5-7H2,1-4H3. The summed E-state index contributed by atoms with van der Waals surface area (Å²) in [7, 11) is 0. The lowest BCUT2D eigenvalue weighted by Gasteiger charge is -2.37. The van der Waals surface area contributed by atoms with Gasteiger partial charge < -0.3 is 0 Å². The van der Waals surface area contributed by atoms with Crippen LogP contribution in [0.3, 0.4) is 0 Å². The highest BCUT2D eigenvalue weighted by molar-refractivity contribution is 5.90. The number of Topliss-reactive ketones (excluding diaryl/α,β-unsaturated/α-hetero) is 1. The molecule has 68 valence electrons. The van der Waals surface area contributed by atoms with Gasteiger partial charge in [0.05, 0.1) is 0 Å². The van der Waals surface area contributed by atoms with Gasteiger partial charge in [0, 0.05) is 11.8 Å². The topological polar surface area (TPSA) is 17.1 Å². The van der Waals surface area contributed by atoms with Crippen LogP contribution in [0, 0.1) is 16.2 Å². The molecule has 0 aromatic heterocycles. The third kappa shape index (κ3) is 0.571. The van der Waals surface area contributed by atoms with Gasteiger partial charge in [-0.15, -0.1) is 0 Å². The van der Waals surface area contributed by atoms with Crippen LogP contribution in [0.15, 0.2) is 0 Å². The SMILES string of the molecule is CC12CCC(C)(C(=O)C1)C2(C)C. The predicted octanol–water partition coefficient (Wildman–Crippen LogP) is 2.79. The lowest BCUT2D eigenvalue weighted by atomic mass is 9.66. The zero-order valence-corrected chi connectivity index (χ0v) is 8.53. The molecule has 0 N–H and O–H groups in total. The van der Waals surface area contributed by atoms with Crippen LogP contribution in [0.2, 0.25) is 0 Å². The summed E-state index contributed by atoms with van der Waals surface area (Å²) in [5.74, 6) is 0.501. The Morgan fingerprint density at radius 2 is 1.67 bits per heavy atom. The summed E-state index contributed by atoms with van der Waals surface area (Å²) < 4.78 is 0. The Morgan fingerprint density at radius 3 is 1.83 bits per heavy atom. The van der Waals surface area contributed by atoms with E-state index in [1.165, 1.54) is 6.42 Å². The molecular formula is C11H18O. The van der Waals surface area contributed by atoms with Crippen molar-refractivity contribution in [1.82, 2.24) is 0 Å². The molecule has 1 nitrogen and oxygen atoms in total. The van der Waals surface area contributed by atoms with Crippen molar-refractivity contribution in [2.24, 2.45) is 16.2 Å². The van der Waals surface area contributed by atoms with E-state index in [1.54, 1.807) is 0 Å². The first kappa shape index (κ1) is 8.28. The molecule has 0 spiro atoms. The third-order valence-electron chi connectivity index (χ3n) is 5.23. The van der Waals surface area contributed by atoms with Gasteiger partial charge in [0.1, 0.15) is 5.78 Å². The highest BCUT2D eigenvalue weighted by atomic mass is 16.1. The van der Waals surface area contributed by atoms with Crippen LogP contribution in [0.4, 0.5) is 0 Å². The van der Waals surface area contributed by atoms with Crippen molar-refractivity contribution in [2.45, 2.75) is 47.0 Å². The molecule has 0 aliphatic heterocycles. The number of hydrogen-bond donors (Lipinski definition) is 0. The molecule has 2 unspecified atom stereocenters. The first-order chi connectivity index (χ1) is 5.33. The summed E-state index contributed by atoms with van der Waals surface area (Å²) >= 11 is 0. The molecular weight excluding hydrogens is 148 g/mol. The van der Waals surface area contributed by atoms with Crippen LogP contribution in [0.25, 0.3) is 0 Å². The van der Waals surface area contributed by atoms with Gasteiger partial charge in [-0.3, -0.25) is 4.79 Å². The smallest absolute Gasteiger partial charge is 0.139 e. The second-order valence-electron chi connectivity index (χ2n) is 5.62. The highest BCUT2D eigenvalue weighted by Gasteiger charge is 2.67. The minimum atomic E-state index is -0.0122. The Morgan fingerprint density at radius 1 is 1.08 bits per heavy atom. The number of fused-ring (bicyclic) bond motifs is 2. The second-order valence-corrected chi connectivity index (χ2v) is 5.62. The van der Waals surface area contributed by atoms with E-state index in [2.05, 4.69) is 27.7 Å². The minimum Gasteiger partial charge on any atom is -0.299 e. The highest BCUT2D eigenvalue weighted by Crippen LogP contribution is 2.70. The number of ketones is 1. The predicted molar refractivity (Wildman–Crippen MR) is 48.9 cm³/mol. The van der Waals surface area contributed by atoms with Gasteiger partial charge in [-0.2, -0.15) is 0 Å². The molecule has 0 heterocycles. The van der Waals surface area contributed by atoms with E-state index in [1.807, 2.05) is 0 Å². The molecule has 2 saturated carbocycles. The molecule has 0 aromatic carbocycles. The molecule has 0 saturated heterocycles. The van der Waals surface area contributed by atoms with Crippen molar-refractivity contribution in [3.63, 3.8) is 0 Å². The normalized spacial score (nSPS) is 50.2. The van der Waals surface area contributed by atoms with E-state index in [9.17, 15) is 4.79 Å². The summed E-state index contributed by atoms with van der Waals surface area (Å²) in [5, 5.41) is 0. The van der Waals surface area contributed by atoms with E-state index in [-0.39, 0.29) is 10.8 Å². The monoisotopic (exact) mass is 166 g/mol. The van der Waals surface area contributed by atoms with Crippen LogP contribution in [0.5, 0.6) is 0 Å². The number of rotatable bonds is 0. The van der Waals surface area contributed by atoms with Crippen molar-refractivity contribution in [2.75, 3.05) is 0 Å². The third-order valence-corrected chi connectivity index (χ3v) is 5.23. The lowest BCUT2D eigenvalue weighted by molar-refractivity contribution is -0.128. The largest absolute Gasteiger partial charge is 0.299 e. The van der Waals surface area contributed by atoms with Gasteiger partial charge in [0.25, 0.3) is 0 Å². The Labute approximate surface area is 74.5 Å². The molecule has 2 rings (SSSR count). The van der Waals surface area contributed by atoms with E-state index >= 15 is 0 Å². The molecule has 2 aliphatic rings. The Kier molecular flexibility index (Phi) is 1.23. The lowest BCUT2D eigenvalue weighted by Crippen LogP contribution is -2.34. The molecule has 2 fully saturated rings. The fourth-order valence-corrected chi connectivity index (χ4v) is 3.16. The first-order valence-corrected chi connectivity index (χ1v) is 4.87. The minimum absolute atomic E-state index is 0.0122. The van der Waals surface area contributed by atoms with Gasteiger partial charge in [-0.1, -0.05) is 27.7 Å². The van der Waals surface area contributed by atoms with E-state index in [0.717, 1.165) is 12.8 Å². The van der Waals surface area contributed by atoms with E-state index < -0.39 is 0 Å². The van der Waals surface area contributed by atoms with Crippen LogP contribution in [-0.4, -0.2) is 5.78 Å². The molecule has 2 atom stereocenters. The molecule has 2 aliphatic carbocycles. The van der Waals surface area contributed by atoms with Crippen LogP contribution >= 0.6 is 0 Å². The molecule has 2 bridgehead atoms. The van der Waals surface area contributed by atoms with Crippen LogP contribution in [-0.2, 0) is 4.79 Å². The van der Waals surface area contributed by atoms with Crippen molar-refractivity contribution in [3.8, 4) is 0 Å². The summed E-state index contributed by atoms with van der Waals surface area (Å²) in [6, 6.07) is 0. The van der Waals surface area contributed by atoms with Crippen molar-refractivity contribution >= 4 is 5.78 Å². The average Bonchev–Trinajstić information content (AvgIpc) is 2.18. The number of carbonyl (C=O) groups excluding carboxylic acids is 1. The summed E-state index contributed by atoms with van der Waals surface area (Å²) in [6.07, 6.45) is 3.16. The quantitative estimate of drug-likeness (QED) is 0.541. The van der Waals surface area contributed by atoms with Gasteiger partial charge in [0.2, 0.25) is 0 Å². The maximum Gasteiger partial charge on any atom is 0.139 e. The van der Waals surface area contributed by atoms with Gasteiger partial charge in [-0.05, 0) is 23.7 Å². The van der Waals surface area contributed by atoms with E-state index in [0.29, 0.717) is 11.2 Å². The first-order valence-electron chi connectivity index (χ1n) is 4.87. The fraction of sp³-hybridized carbons (Fsp3) is 0.909. The zero-order valence-electron chi connectivity index (χ0n) is 8.53. The molecule has 0 radical (unpaired) electrons. The van der Waals surface area contributed by atoms with Crippen LogP contribution in [0.1, 0.15) is 47.0 Å². The summed E-state index contributed by atoms with van der Waals surface area (Å²) in [6.45, 7) is 8.98. The van der Waals surface area contributed by atoms with Crippen molar-refractivity contribution in [1.29, 1.82) is 0 Å². The van der Waals surface area contributed by atoms with Crippen molar-refractivity contribution < 1.29 is 4.79 Å². The Balaban J connectivity index is 2.56. The van der Waals surface area contributed by atoms with Crippen LogP contribution < -0.4 is 0 Å². The second kappa shape index (κ2) is 1.78. The van der Waals surface area contributed by atoms with Gasteiger partial charge in [-0.25, -0.2) is 0 Å². The molecule has 12 heavy (non-hydrogen) atoms. The molecule has 0 amide bonds. The maximum absolute atomic E-state index is 11.8.